The maximum absolute atomic E-state index is 11.6. The summed E-state index contributed by atoms with van der Waals surface area (Å²) >= 11 is 0. The van der Waals surface area contributed by atoms with E-state index in [-0.39, 0.29) is 17.4 Å². The predicted molar refractivity (Wildman–Crippen MR) is 52.6 cm³/mol. The molecule has 0 spiro atoms. The fraction of sp³-hybridized carbons (Fsp3) is 0.500. The highest BCUT2D eigenvalue weighted by Gasteiger charge is 2.35. The van der Waals surface area contributed by atoms with E-state index in [1.54, 1.807) is 0 Å². The van der Waals surface area contributed by atoms with Crippen molar-refractivity contribution in [2.75, 3.05) is 7.11 Å². The van der Waals surface area contributed by atoms with Crippen LogP contribution in [0.3, 0.4) is 0 Å². The van der Waals surface area contributed by atoms with Crippen LogP contribution in [0.1, 0.15) is 31.1 Å². The molecule has 80 valence electrons. The molecule has 2 heterocycles. The van der Waals surface area contributed by atoms with Crippen LogP contribution in [-0.4, -0.2) is 22.6 Å². The Hall–Kier alpha value is -1.65. The summed E-state index contributed by atoms with van der Waals surface area (Å²) in [5, 5.41) is 0. The first-order valence-electron chi connectivity index (χ1n) is 4.80. The second-order valence-corrected chi connectivity index (χ2v) is 3.69. The zero-order chi connectivity index (χ0) is 11.0. The molecule has 1 aliphatic heterocycles. The Morgan fingerprint density at radius 3 is 3.07 bits per heavy atom. The van der Waals surface area contributed by atoms with E-state index in [0.29, 0.717) is 12.2 Å². The number of rotatable bonds is 1. The first-order valence-corrected chi connectivity index (χ1v) is 4.80. The fourth-order valence-corrected chi connectivity index (χ4v) is 1.99. The summed E-state index contributed by atoms with van der Waals surface area (Å²) in [5.41, 5.74) is -0.195. The quantitative estimate of drug-likeness (QED) is 0.629. The number of fused-ring (bicyclic) bond motifs is 1. The molecule has 1 aromatic heterocycles. The first kappa shape index (κ1) is 9.89. The van der Waals surface area contributed by atoms with Crippen molar-refractivity contribution in [3.63, 3.8) is 0 Å². The summed E-state index contributed by atoms with van der Waals surface area (Å²) in [5.74, 6) is 0.400. The van der Waals surface area contributed by atoms with Gasteiger partial charge in [-0.2, -0.15) is 0 Å². The predicted octanol–water partition coefficient (Wildman–Crippen LogP) is 0.465. The maximum Gasteiger partial charge on any atom is 0.329 e. The van der Waals surface area contributed by atoms with Crippen molar-refractivity contribution in [2.45, 2.75) is 25.3 Å². The summed E-state index contributed by atoms with van der Waals surface area (Å²) in [6, 6.07) is 0.846. The second kappa shape index (κ2) is 3.49. The van der Waals surface area contributed by atoms with Crippen molar-refractivity contribution < 1.29 is 9.53 Å². The number of methoxy groups -OCH3 is 1. The molecule has 5 nitrogen and oxygen atoms in total. The summed E-state index contributed by atoms with van der Waals surface area (Å²) in [6.07, 6.45) is 2.06. The number of hydrogen-bond donors (Lipinski definition) is 0. The second-order valence-electron chi connectivity index (χ2n) is 3.69. The normalized spacial score (nSPS) is 23.6. The Morgan fingerprint density at radius 1 is 1.67 bits per heavy atom. The van der Waals surface area contributed by atoms with Gasteiger partial charge in [0.25, 0.3) is 5.56 Å². The van der Waals surface area contributed by atoms with Crippen molar-refractivity contribution in [3.8, 4) is 0 Å². The SMILES string of the molecule is COC(=O)[C@@H]1CC(C)c2nccc(=O)n21. The Balaban J connectivity index is 2.53. The molecule has 0 saturated carbocycles. The lowest BCUT2D eigenvalue weighted by Crippen LogP contribution is -2.28. The average Bonchev–Trinajstić information content (AvgIpc) is 2.57. The Kier molecular flexibility index (Phi) is 2.30. The lowest BCUT2D eigenvalue weighted by Gasteiger charge is -2.10. The molecule has 0 aliphatic carbocycles. The van der Waals surface area contributed by atoms with Crippen LogP contribution in [0.2, 0.25) is 0 Å². The molecule has 1 aliphatic rings. The summed E-state index contributed by atoms with van der Waals surface area (Å²) in [6.45, 7) is 1.95. The van der Waals surface area contributed by atoms with E-state index in [2.05, 4.69) is 9.72 Å². The Labute approximate surface area is 86.7 Å². The van der Waals surface area contributed by atoms with Gasteiger partial charge < -0.3 is 4.74 Å². The van der Waals surface area contributed by atoms with E-state index in [0.717, 1.165) is 0 Å². The minimum absolute atomic E-state index is 0.114. The molecule has 0 N–H and O–H groups in total. The lowest BCUT2D eigenvalue weighted by molar-refractivity contribution is -0.144. The number of carbonyl (C=O) groups is 1. The van der Waals surface area contributed by atoms with Gasteiger partial charge in [0.15, 0.2) is 0 Å². The monoisotopic (exact) mass is 208 g/mol. The van der Waals surface area contributed by atoms with Gasteiger partial charge in [-0.25, -0.2) is 9.78 Å². The minimum atomic E-state index is -0.513. The highest BCUT2D eigenvalue weighted by molar-refractivity contribution is 5.74. The average molecular weight is 208 g/mol. The molecule has 0 aromatic carbocycles. The number of esters is 1. The third-order valence-corrected chi connectivity index (χ3v) is 2.71. The summed E-state index contributed by atoms with van der Waals surface area (Å²) < 4.78 is 6.09. The third-order valence-electron chi connectivity index (χ3n) is 2.71. The van der Waals surface area contributed by atoms with Crippen molar-refractivity contribution >= 4 is 5.97 Å². The van der Waals surface area contributed by atoms with E-state index in [4.69, 9.17) is 0 Å². The molecule has 15 heavy (non-hydrogen) atoms. The summed E-state index contributed by atoms with van der Waals surface area (Å²) in [4.78, 5) is 27.2. The molecule has 0 fully saturated rings. The maximum atomic E-state index is 11.6. The largest absolute Gasteiger partial charge is 0.467 e. The molecular formula is C10H12N2O3. The molecule has 1 aromatic rings. The van der Waals surface area contributed by atoms with Crippen molar-refractivity contribution in [1.29, 1.82) is 0 Å². The molecule has 0 radical (unpaired) electrons. The molecule has 5 heteroatoms. The van der Waals surface area contributed by atoms with E-state index in [9.17, 15) is 9.59 Å². The lowest BCUT2D eigenvalue weighted by atomic mass is 10.1. The van der Waals surface area contributed by atoms with E-state index in [1.165, 1.54) is 23.9 Å². The number of hydrogen-bond acceptors (Lipinski definition) is 4. The van der Waals surface area contributed by atoms with Crippen LogP contribution >= 0.6 is 0 Å². The first-order chi connectivity index (χ1) is 7.15. The van der Waals surface area contributed by atoms with E-state index in [1.807, 2.05) is 6.92 Å². The zero-order valence-corrected chi connectivity index (χ0v) is 8.64. The third kappa shape index (κ3) is 1.44. The number of ether oxygens (including phenoxy) is 1. The van der Waals surface area contributed by atoms with Gasteiger partial charge in [0.1, 0.15) is 11.9 Å². The molecular weight excluding hydrogens is 196 g/mol. The molecule has 1 unspecified atom stereocenters. The number of aromatic nitrogens is 2. The van der Waals surface area contributed by atoms with Crippen LogP contribution in [-0.2, 0) is 9.53 Å². The van der Waals surface area contributed by atoms with Gasteiger partial charge in [-0.3, -0.25) is 9.36 Å². The fourth-order valence-electron chi connectivity index (χ4n) is 1.99. The molecule has 2 rings (SSSR count). The minimum Gasteiger partial charge on any atom is -0.467 e. The van der Waals surface area contributed by atoms with Crippen LogP contribution in [0.4, 0.5) is 0 Å². The Bertz CT molecular complexity index is 452. The zero-order valence-electron chi connectivity index (χ0n) is 8.64. The van der Waals surface area contributed by atoms with Gasteiger partial charge in [0.05, 0.1) is 7.11 Å². The van der Waals surface area contributed by atoms with Crippen LogP contribution in [0.25, 0.3) is 0 Å². The standard InChI is InChI=1S/C10H12N2O3/c1-6-5-7(10(14)15-2)12-8(13)3-4-11-9(6)12/h3-4,6-7H,5H2,1-2H3/t6?,7-/m0/s1. The highest BCUT2D eigenvalue weighted by Crippen LogP contribution is 2.32. The topological polar surface area (TPSA) is 61.2 Å². The number of carbonyl (C=O) groups excluding carboxylic acids is 1. The highest BCUT2D eigenvalue weighted by atomic mass is 16.5. The van der Waals surface area contributed by atoms with Gasteiger partial charge in [-0.05, 0) is 6.42 Å². The molecule has 0 saturated heterocycles. The van der Waals surface area contributed by atoms with Gasteiger partial charge in [-0.1, -0.05) is 6.92 Å². The van der Waals surface area contributed by atoms with Crippen LogP contribution in [0.5, 0.6) is 0 Å². The Morgan fingerprint density at radius 2 is 2.40 bits per heavy atom. The van der Waals surface area contributed by atoms with E-state index >= 15 is 0 Å². The molecule has 0 bridgehead atoms. The molecule has 2 atom stereocenters. The van der Waals surface area contributed by atoms with Crippen molar-refractivity contribution in [2.24, 2.45) is 0 Å². The van der Waals surface area contributed by atoms with Gasteiger partial charge in [0.2, 0.25) is 0 Å². The summed E-state index contributed by atoms with van der Waals surface area (Å²) in [7, 11) is 1.33. The van der Waals surface area contributed by atoms with Gasteiger partial charge in [0, 0.05) is 18.2 Å². The van der Waals surface area contributed by atoms with Crippen molar-refractivity contribution in [1.82, 2.24) is 9.55 Å². The van der Waals surface area contributed by atoms with Gasteiger partial charge >= 0.3 is 5.97 Å². The number of nitrogens with zero attached hydrogens (tertiary/aromatic N) is 2. The van der Waals surface area contributed by atoms with E-state index < -0.39 is 6.04 Å². The van der Waals surface area contributed by atoms with Crippen molar-refractivity contribution in [3.05, 3.63) is 28.4 Å². The smallest absolute Gasteiger partial charge is 0.329 e. The van der Waals surface area contributed by atoms with Crippen LogP contribution in [0.15, 0.2) is 17.1 Å². The van der Waals surface area contributed by atoms with Crippen LogP contribution in [0, 0.1) is 0 Å². The van der Waals surface area contributed by atoms with Gasteiger partial charge in [-0.15, -0.1) is 0 Å². The van der Waals surface area contributed by atoms with Crippen LogP contribution < -0.4 is 5.56 Å². The molecule has 0 amide bonds.